The first-order valence-electron chi connectivity index (χ1n) is 8.49. The minimum Gasteiger partial charge on any atom is -0.497 e. The first-order valence-corrected chi connectivity index (χ1v) is 8.49. The largest absolute Gasteiger partial charge is 0.497 e. The monoisotopic (exact) mass is 331 g/mol. The Labute approximate surface area is 143 Å². The van der Waals surface area contributed by atoms with Gasteiger partial charge in [0, 0.05) is 6.54 Å². The van der Waals surface area contributed by atoms with Gasteiger partial charge in [-0.3, -0.25) is 4.79 Å². The van der Waals surface area contributed by atoms with Crippen LogP contribution in [0.1, 0.15) is 18.4 Å². The summed E-state index contributed by atoms with van der Waals surface area (Å²) in [6.45, 7) is 5.40. The van der Waals surface area contributed by atoms with Crippen molar-refractivity contribution in [2.24, 2.45) is 0 Å². The van der Waals surface area contributed by atoms with Gasteiger partial charge in [-0.15, -0.1) is 6.58 Å². The van der Waals surface area contributed by atoms with E-state index in [4.69, 9.17) is 14.2 Å². The van der Waals surface area contributed by atoms with Gasteiger partial charge < -0.3 is 19.1 Å². The van der Waals surface area contributed by atoms with E-state index >= 15 is 0 Å². The lowest BCUT2D eigenvalue weighted by atomic mass is 10.1. The maximum atomic E-state index is 12.8. The lowest BCUT2D eigenvalue weighted by Gasteiger charge is -2.31. The van der Waals surface area contributed by atoms with Gasteiger partial charge in [-0.25, -0.2) is 0 Å². The number of fused-ring (bicyclic) bond motifs is 2. The van der Waals surface area contributed by atoms with E-state index in [2.05, 4.69) is 6.58 Å². The van der Waals surface area contributed by atoms with E-state index in [1.54, 1.807) is 13.2 Å². The molecule has 1 saturated heterocycles. The molecule has 0 N–H and O–H groups in total. The van der Waals surface area contributed by atoms with Crippen LogP contribution in [-0.2, 0) is 20.7 Å². The Hall–Kier alpha value is -1.85. The lowest BCUT2D eigenvalue weighted by molar-refractivity contribution is -0.134. The Kier molecular flexibility index (Phi) is 5.53. The number of carbonyl (C=O) groups is 1. The van der Waals surface area contributed by atoms with Gasteiger partial charge in [0.05, 0.1) is 38.9 Å². The van der Waals surface area contributed by atoms with Crippen LogP contribution in [0.25, 0.3) is 0 Å². The fraction of sp³-hybridized carbons (Fsp3) is 0.526. The molecule has 2 aliphatic rings. The van der Waals surface area contributed by atoms with Crippen molar-refractivity contribution in [1.29, 1.82) is 0 Å². The second kappa shape index (κ2) is 7.81. The Bertz CT molecular complexity index is 571. The highest BCUT2D eigenvalue weighted by Crippen LogP contribution is 2.32. The molecule has 130 valence electrons. The molecule has 5 nitrogen and oxygen atoms in total. The second-order valence-electron chi connectivity index (χ2n) is 6.25. The standard InChI is InChI=1S/C19H25NO4/c1-3-11-24-19-16-8-9-17(19)23-12-10-20(16)18(21)13-14-4-6-15(22-2)7-5-14/h3-7,16-17,19H,1,8-13H2,2H3/t16-,17-,19-/m1/s1. The van der Waals surface area contributed by atoms with E-state index in [1.807, 2.05) is 29.2 Å². The third kappa shape index (κ3) is 3.62. The number of methoxy groups -OCH3 is 1. The van der Waals surface area contributed by atoms with Gasteiger partial charge >= 0.3 is 0 Å². The van der Waals surface area contributed by atoms with Crippen LogP contribution in [0, 0.1) is 0 Å². The molecule has 0 radical (unpaired) electrons. The van der Waals surface area contributed by atoms with Gasteiger partial charge in [0.25, 0.3) is 0 Å². The first-order chi connectivity index (χ1) is 11.7. The number of carbonyl (C=O) groups excluding carboxylic acids is 1. The van der Waals surface area contributed by atoms with Gasteiger partial charge in [-0.05, 0) is 30.5 Å². The Morgan fingerprint density at radius 2 is 2.17 bits per heavy atom. The zero-order valence-corrected chi connectivity index (χ0v) is 14.1. The molecule has 1 aromatic rings. The average molecular weight is 331 g/mol. The Balaban J connectivity index is 1.69. The number of hydrogen-bond donors (Lipinski definition) is 0. The van der Waals surface area contributed by atoms with Crippen LogP contribution in [-0.4, -0.2) is 55.9 Å². The van der Waals surface area contributed by atoms with Crippen LogP contribution in [0.2, 0.25) is 0 Å². The number of rotatable bonds is 6. The molecule has 0 unspecified atom stereocenters. The molecule has 1 aliphatic heterocycles. The van der Waals surface area contributed by atoms with E-state index < -0.39 is 0 Å². The Morgan fingerprint density at radius 3 is 2.88 bits per heavy atom. The molecule has 1 aliphatic carbocycles. The van der Waals surface area contributed by atoms with Gasteiger partial charge in [-0.1, -0.05) is 18.2 Å². The van der Waals surface area contributed by atoms with Crippen molar-refractivity contribution < 1.29 is 19.0 Å². The second-order valence-corrected chi connectivity index (χ2v) is 6.25. The van der Waals surface area contributed by atoms with Crippen molar-refractivity contribution in [3.63, 3.8) is 0 Å². The van der Waals surface area contributed by atoms with E-state index in [0.717, 1.165) is 24.2 Å². The number of amides is 1. The topological polar surface area (TPSA) is 48.0 Å². The molecule has 3 atom stereocenters. The van der Waals surface area contributed by atoms with Crippen LogP contribution >= 0.6 is 0 Å². The molecule has 3 rings (SSSR count). The van der Waals surface area contributed by atoms with Crippen molar-refractivity contribution >= 4 is 5.91 Å². The van der Waals surface area contributed by atoms with Crippen LogP contribution in [0.3, 0.4) is 0 Å². The molecule has 1 saturated carbocycles. The fourth-order valence-electron chi connectivity index (χ4n) is 3.62. The SMILES string of the molecule is C=CCO[C@@H]1[C@H]2CC[C@H]1OCCN2C(=O)Cc1ccc(OC)cc1. The highest BCUT2D eigenvalue weighted by molar-refractivity contribution is 5.79. The van der Waals surface area contributed by atoms with Crippen LogP contribution in [0.15, 0.2) is 36.9 Å². The van der Waals surface area contributed by atoms with Gasteiger partial charge in [0.1, 0.15) is 11.9 Å². The van der Waals surface area contributed by atoms with E-state index in [0.29, 0.717) is 26.2 Å². The van der Waals surface area contributed by atoms with Crippen LogP contribution in [0.5, 0.6) is 5.75 Å². The van der Waals surface area contributed by atoms with Crippen molar-refractivity contribution in [3.05, 3.63) is 42.5 Å². The first kappa shape index (κ1) is 17.0. The number of nitrogens with zero attached hydrogens (tertiary/aromatic N) is 1. The predicted molar refractivity (Wildman–Crippen MR) is 91.1 cm³/mol. The molecule has 1 heterocycles. The number of benzene rings is 1. The summed E-state index contributed by atoms with van der Waals surface area (Å²) in [5.41, 5.74) is 0.990. The average Bonchev–Trinajstić information content (AvgIpc) is 2.88. The van der Waals surface area contributed by atoms with E-state index in [1.165, 1.54) is 0 Å². The summed E-state index contributed by atoms with van der Waals surface area (Å²) in [4.78, 5) is 14.8. The van der Waals surface area contributed by atoms with Gasteiger partial charge in [0.2, 0.25) is 5.91 Å². The summed E-state index contributed by atoms with van der Waals surface area (Å²) < 4.78 is 17.0. The summed E-state index contributed by atoms with van der Waals surface area (Å²) in [7, 11) is 1.64. The Morgan fingerprint density at radius 1 is 1.38 bits per heavy atom. The molecule has 0 aromatic heterocycles. The van der Waals surface area contributed by atoms with Crippen molar-refractivity contribution in [3.8, 4) is 5.75 Å². The molecule has 2 bridgehead atoms. The summed E-state index contributed by atoms with van der Waals surface area (Å²) in [6, 6.07) is 7.75. The zero-order chi connectivity index (χ0) is 16.9. The van der Waals surface area contributed by atoms with Crippen molar-refractivity contribution in [2.75, 3.05) is 26.9 Å². The van der Waals surface area contributed by atoms with Crippen LogP contribution < -0.4 is 4.74 Å². The summed E-state index contributed by atoms with van der Waals surface area (Å²) >= 11 is 0. The quantitative estimate of drug-likeness (QED) is 0.750. The number of hydrogen-bond acceptors (Lipinski definition) is 4. The molecule has 1 aromatic carbocycles. The molecular formula is C19H25NO4. The number of ether oxygens (including phenoxy) is 3. The highest BCUT2D eigenvalue weighted by atomic mass is 16.5. The third-order valence-corrected chi connectivity index (χ3v) is 4.80. The van der Waals surface area contributed by atoms with Gasteiger partial charge in [-0.2, -0.15) is 0 Å². The molecule has 2 fully saturated rings. The molecule has 0 spiro atoms. The van der Waals surface area contributed by atoms with E-state index in [-0.39, 0.29) is 24.2 Å². The summed E-state index contributed by atoms with van der Waals surface area (Å²) in [5.74, 6) is 0.925. The maximum Gasteiger partial charge on any atom is 0.227 e. The zero-order valence-electron chi connectivity index (χ0n) is 14.1. The summed E-state index contributed by atoms with van der Waals surface area (Å²) in [5, 5.41) is 0. The molecular weight excluding hydrogens is 306 g/mol. The van der Waals surface area contributed by atoms with Crippen molar-refractivity contribution in [2.45, 2.75) is 37.5 Å². The van der Waals surface area contributed by atoms with Gasteiger partial charge in [0.15, 0.2) is 0 Å². The normalized spacial score (nSPS) is 26.0. The minimum absolute atomic E-state index is 0.0506. The minimum atomic E-state index is -0.0506. The fourth-order valence-corrected chi connectivity index (χ4v) is 3.62. The molecule has 1 amide bonds. The highest BCUT2D eigenvalue weighted by Gasteiger charge is 2.44. The van der Waals surface area contributed by atoms with E-state index in [9.17, 15) is 4.79 Å². The maximum absolute atomic E-state index is 12.8. The third-order valence-electron chi connectivity index (χ3n) is 4.80. The smallest absolute Gasteiger partial charge is 0.227 e. The van der Waals surface area contributed by atoms with Crippen molar-refractivity contribution in [1.82, 2.24) is 4.90 Å². The summed E-state index contributed by atoms with van der Waals surface area (Å²) in [6.07, 6.45) is 4.05. The lowest BCUT2D eigenvalue weighted by Crippen LogP contribution is -2.47. The van der Waals surface area contributed by atoms with Crippen LogP contribution in [0.4, 0.5) is 0 Å². The molecule has 24 heavy (non-hydrogen) atoms. The molecule has 5 heteroatoms. The predicted octanol–water partition coefficient (Wildman–Crippen LogP) is 2.20.